The number of aliphatic carboxylic acids is 2. The van der Waals surface area contributed by atoms with Crippen LogP contribution in [0.4, 0.5) is 26.3 Å². The lowest BCUT2D eigenvalue weighted by atomic mass is 9.68. The van der Waals surface area contributed by atoms with Crippen LogP contribution in [0.15, 0.2) is 54.6 Å². The van der Waals surface area contributed by atoms with E-state index in [1.165, 1.54) is 12.8 Å². The molecule has 0 radical (unpaired) electrons. The van der Waals surface area contributed by atoms with Gasteiger partial charge in [-0.15, -0.1) is 0 Å². The van der Waals surface area contributed by atoms with Crippen molar-refractivity contribution in [2.45, 2.75) is 69.4 Å². The van der Waals surface area contributed by atoms with Crippen LogP contribution in [-0.2, 0) is 21.7 Å². The molecule has 5 N–H and O–H groups in total. The Balaban J connectivity index is 0.000000421. The molecule has 2 aliphatic rings. The van der Waals surface area contributed by atoms with Gasteiger partial charge < -0.3 is 30.7 Å². The SMILES string of the molecule is NCc1ccc(OCCCN2CCC([C@](O)(c3ccccc3)C3CCCC3)CC2)cc1.O=C(O)C(F)(F)F.O=C(O)C(F)(F)F. The number of halogens is 6. The summed E-state index contributed by atoms with van der Waals surface area (Å²) in [6.45, 7) is 4.49. The number of carboxylic acid groups (broad SMARTS) is 2. The van der Waals surface area contributed by atoms with Gasteiger partial charge >= 0.3 is 24.3 Å². The number of hydrogen-bond acceptors (Lipinski definition) is 6. The molecule has 2 aromatic rings. The second-order valence-corrected chi connectivity index (χ2v) is 10.9. The Morgan fingerprint density at radius 3 is 1.71 bits per heavy atom. The van der Waals surface area contributed by atoms with E-state index in [1.54, 1.807) is 0 Å². The molecule has 0 unspecified atom stereocenters. The average molecular weight is 651 g/mol. The number of aliphatic hydroxyl groups is 1. The van der Waals surface area contributed by atoms with Gasteiger partial charge in [-0.1, -0.05) is 55.3 Å². The first kappa shape index (κ1) is 37.8. The van der Waals surface area contributed by atoms with Gasteiger partial charge in [-0.3, -0.25) is 0 Å². The molecule has 8 nitrogen and oxygen atoms in total. The molecule has 0 aromatic heterocycles. The monoisotopic (exact) mass is 650 g/mol. The van der Waals surface area contributed by atoms with Crippen LogP contribution in [0.1, 0.15) is 56.1 Å². The van der Waals surface area contributed by atoms with E-state index < -0.39 is 29.9 Å². The van der Waals surface area contributed by atoms with E-state index in [-0.39, 0.29) is 0 Å². The highest BCUT2D eigenvalue weighted by Crippen LogP contribution is 2.48. The Morgan fingerprint density at radius 1 is 0.800 bits per heavy atom. The molecule has 1 saturated carbocycles. The fraction of sp³-hybridized carbons (Fsp3) is 0.548. The molecule has 1 aliphatic carbocycles. The van der Waals surface area contributed by atoms with E-state index in [0.29, 0.717) is 18.4 Å². The van der Waals surface area contributed by atoms with Gasteiger partial charge in [0.05, 0.1) is 12.2 Å². The standard InChI is InChI=1S/C27H38N2O2.2C2HF3O2/c28-21-22-11-13-26(14-12-22)31-20-6-17-29-18-15-25(16-19-29)27(30,24-9-4-5-10-24)23-7-2-1-3-8-23;2*3-2(4,5)1(6)7/h1-3,7-8,11-14,24-25,30H,4-6,9-10,15-21,28H2;2*(H,6,7)/t27-;;/m0../s1. The fourth-order valence-electron chi connectivity index (χ4n) is 5.67. The van der Waals surface area contributed by atoms with E-state index in [9.17, 15) is 31.4 Å². The first-order valence-corrected chi connectivity index (χ1v) is 14.6. The van der Waals surface area contributed by atoms with Crippen molar-refractivity contribution in [3.8, 4) is 5.75 Å². The highest BCUT2D eigenvalue weighted by atomic mass is 19.4. The normalized spacial score (nSPS) is 17.7. The van der Waals surface area contributed by atoms with Gasteiger partial charge in [-0.2, -0.15) is 26.3 Å². The van der Waals surface area contributed by atoms with Crippen LogP contribution in [0.5, 0.6) is 5.75 Å². The van der Waals surface area contributed by atoms with E-state index in [4.69, 9.17) is 30.3 Å². The molecule has 2 fully saturated rings. The van der Waals surface area contributed by atoms with Crippen LogP contribution in [0, 0.1) is 11.8 Å². The van der Waals surface area contributed by atoms with Gasteiger partial charge in [-0.05, 0) is 80.3 Å². The molecule has 4 rings (SSSR count). The summed E-state index contributed by atoms with van der Waals surface area (Å²) in [6.07, 6.45) is -2.16. The third-order valence-electron chi connectivity index (χ3n) is 7.96. The zero-order chi connectivity index (χ0) is 33.7. The fourth-order valence-corrected chi connectivity index (χ4v) is 5.67. The topological polar surface area (TPSA) is 133 Å². The van der Waals surface area contributed by atoms with Gasteiger partial charge in [0.2, 0.25) is 0 Å². The van der Waals surface area contributed by atoms with Crippen LogP contribution < -0.4 is 10.5 Å². The third kappa shape index (κ3) is 12.2. The molecule has 1 saturated heterocycles. The van der Waals surface area contributed by atoms with Gasteiger partial charge in [0.25, 0.3) is 0 Å². The number of likely N-dealkylation sites (tertiary alicyclic amines) is 1. The number of carboxylic acids is 2. The number of piperidine rings is 1. The van der Waals surface area contributed by atoms with Gasteiger partial charge in [-0.25, -0.2) is 9.59 Å². The van der Waals surface area contributed by atoms with Crippen molar-refractivity contribution in [3.05, 3.63) is 65.7 Å². The molecule has 45 heavy (non-hydrogen) atoms. The Morgan fingerprint density at radius 2 is 1.27 bits per heavy atom. The van der Waals surface area contributed by atoms with E-state index >= 15 is 0 Å². The van der Waals surface area contributed by atoms with Crippen molar-refractivity contribution in [3.63, 3.8) is 0 Å². The molecular formula is C31H40F6N2O6. The zero-order valence-electron chi connectivity index (χ0n) is 24.7. The summed E-state index contributed by atoms with van der Waals surface area (Å²) in [5, 5.41) is 26.3. The Kier molecular flexibility index (Phi) is 14.6. The van der Waals surface area contributed by atoms with Crippen LogP contribution in [0.25, 0.3) is 0 Å². The summed E-state index contributed by atoms with van der Waals surface area (Å²) < 4.78 is 69.4. The molecule has 2 aromatic carbocycles. The Bertz CT molecular complexity index is 1140. The maximum Gasteiger partial charge on any atom is 0.490 e. The summed E-state index contributed by atoms with van der Waals surface area (Å²) >= 11 is 0. The molecule has 252 valence electrons. The van der Waals surface area contributed by atoms with Gasteiger partial charge in [0.15, 0.2) is 0 Å². The summed E-state index contributed by atoms with van der Waals surface area (Å²) in [6, 6.07) is 18.5. The number of rotatable bonds is 9. The molecule has 1 atom stereocenters. The number of hydrogen-bond donors (Lipinski definition) is 4. The molecule has 14 heteroatoms. The van der Waals surface area contributed by atoms with Crippen molar-refractivity contribution in [2.24, 2.45) is 17.6 Å². The van der Waals surface area contributed by atoms with Crippen molar-refractivity contribution < 1.29 is 56.0 Å². The molecule has 0 spiro atoms. The number of ether oxygens (including phenoxy) is 1. The minimum Gasteiger partial charge on any atom is -0.494 e. The van der Waals surface area contributed by atoms with Crippen LogP contribution >= 0.6 is 0 Å². The van der Waals surface area contributed by atoms with Crippen molar-refractivity contribution >= 4 is 11.9 Å². The summed E-state index contributed by atoms with van der Waals surface area (Å²) in [5.41, 5.74) is 7.24. The first-order chi connectivity index (χ1) is 21.1. The van der Waals surface area contributed by atoms with E-state index in [2.05, 4.69) is 35.2 Å². The number of nitrogens with two attached hydrogens (primary N) is 1. The molecule has 0 bridgehead atoms. The van der Waals surface area contributed by atoms with Crippen molar-refractivity contribution in [2.75, 3.05) is 26.2 Å². The average Bonchev–Trinajstić information content (AvgIpc) is 3.56. The minimum absolute atomic E-state index is 0.353. The minimum atomic E-state index is -5.08. The summed E-state index contributed by atoms with van der Waals surface area (Å²) in [4.78, 5) is 20.3. The van der Waals surface area contributed by atoms with Crippen LogP contribution in [0.2, 0.25) is 0 Å². The highest BCUT2D eigenvalue weighted by molar-refractivity contribution is 5.73. The summed E-state index contributed by atoms with van der Waals surface area (Å²) in [7, 11) is 0. The van der Waals surface area contributed by atoms with Crippen molar-refractivity contribution in [1.82, 2.24) is 4.90 Å². The second-order valence-electron chi connectivity index (χ2n) is 10.9. The van der Waals surface area contributed by atoms with E-state index in [0.717, 1.165) is 75.2 Å². The number of benzene rings is 2. The smallest absolute Gasteiger partial charge is 0.490 e. The highest BCUT2D eigenvalue weighted by Gasteiger charge is 2.46. The van der Waals surface area contributed by atoms with E-state index in [1.807, 2.05) is 24.3 Å². The molecular weight excluding hydrogens is 610 g/mol. The first-order valence-electron chi connectivity index (χ1n) is 14.6. The molecule has 1 aliphatic heterocycles. The lowest BCUT2D eigenvalue weighted by Gasteiger charge is -2.45. The van der Waals surface area contributed by atoms with Crippen LogP contribution in [0.3, 0.4) is 0 Å². The number of alkyl halides is 6. The Hall–Kier alpha value is -3.36. The molecule has 1 heterocycles. The van der Waals surface area contributed by atoms with Crippen LogP contribution in [-0.4, -0.2) is 70.8 Å². The number of nitrogens with zero attached hydrogens (tertiary/aromatic N) is 1. The maximum atomic E-state index is 12.0. The predicted octanol–water partition coefficient (Wildman–Crippen LogP) is 5.97. The lowest BCUT2D eigenvalue weighted by Crippen LogP contribution is -2.47. The summed E-state index contributed by atoms with van der Waals surface area (Å²) in [5.74, 6) is -3.84. The van der Waals surface area contributed by atoms with Crippen molar-refractivity contribution in [1.29, 1.82) is 0 Å². The lowest BCUT2D eigenvalue weighted by molar-refractivity contribution is -0.193. The molecule has 0 amide bonds. The Labute approximate surface area is 257 Å². The van der Waals surface area contributed by atoms with Gasteiger partial charge in [0.1, 0.15) is 5.75 Å². The number of carbonyl (C=O) groups is 2. The quantitative estimate of drug-likeness (QED) is 0.193. The maximum absolute atomic E-state index is 12.0. The largest absolute Gasteiger partial charge is 0.494 e. The third-order valence-corrected chi connectivity index (χ3v) is 7.96. The zero-order valence-corrected chi connectivity index (χ0v) is 24.7. The predicted molar refractivity (Wildman–Crippen MR) is 153 cm³/mol. The van der Waals surface area contributed by atoms with Gasteiger partial charge in [0, 0.05) is 13.1 Å². The second kappa shape index (κ2) is 17.4.